The highest BCUT2D eigenvalue weighted by Gasteiger charge is 2.18. The second-order valence-corrected chi connectivity index (χ2v) is 9.27. The molecule has 2 heterocycles. The van der Waals surface area contributed by atoms with E-state index in [1.54, 1.807) is 32.0 Å². The summed E-state index contributed by atoms with van der Waals surface area (Å²) < 4.78 is 38.4. The molecule has 0 aliphatic carbocycles. The van der Waals surface area contributed by atoms with Crippen LogP contribution in [0.5, 0.6) is 5.75 Å². The maximum Gasteiger partial charge on any atom is 0.277 e. The average molecular weight is 494 g/mol. The highest BCUT2D eigenvalue weighted by atomic mass is 32.2. The van der Waals surface area contributed by atoms with Crippen LogP contribution in [0.3, 0.4) is 0 Å². The molecule has 180 valence electrons. The zero-order chi connectivity index (χ0) is 25.0. The highest BCUT2D eigenvalue weighted by molar-refractivity contribution is 7.92. The summed E-state index contributed by atoms with van der Waals surface area (Å²) in [5.41, 5.74) is 2.51. The lowest BCUT2D eigenvalue weighted by molar-refractivity contribution is 0.101. The molecular formula is C24H23N5O5S. The first kappa shape index (κ1) is 23.9. The summed E-state index contributed by atoms with van der Waals surface area (Å²) in [6.45, 7) is 5.97. The first-order valence-electron chi connectivity index (χ1n) is 10.7. The lowest BCUT2D eigenvalue weighted by atomic mass is 10.1. The fraction of sp³-hybridized carbons (Fsp3) is 0.167. The SMILES string of the molecule is CCOc1ccc(-c2cc(C(=O)Nc3ccc(S(=O)(=O)Nc4nc(C)cc(C)n4)cc3)no2)cc1. The van der Waals surface area contributed by atoms with Crippen molar-refractivity contribution in [3.8, 4) is 17.1 Å². The number of sulfonamides is 1. The molecule has 10 nitrogen and oxygen atoms in total. The van der Waals surface area contributed by atoms with Gasteiger partial charge in [0.05, 0.1) is 11.5 Å². The second-order valence-electron chi connectivity index (χ2n) is 7.59. The monoisotopic (exact) mass is 493 g/mol. The molecule has 35 heavy (non-hydrogen) atoms. The third kappa shape index (κ3) is 5.82. The van der Waals surface area contributed by atoms with Crippen LogP contribution in [0.25, 0.3) is 11.3 Å². The van der Waals surface area contributed by atoms with Gasteiger partial charge in [-0.3, -0.25) is 4.79 Å². The van der Waals surface area contributed by atoms with Gasteiger partial charge in [-0.25, -0.2) is 23.1 Å². The van der Waals surface area contributed by atoms with E-state index < -0.39 is 15.9 Å². The van der Waals surface area contributed by atoms with Crippen LogP contribution in [-0.4, -0.2) is 36.1 Å². The standard InChI is InChI=1S/C24H23N5O5S/c1-4-33-19-9-5-17(6-10-19)22-14-21(28-34-22)23(30)27-18-7-11-20(12-8-18)35(31,32)29-24-25-15(2)13-16(3)26-24/h5-14H,4H2,1-3H3,(H,27,30)(H,25,26,29). The molecule has 0 fully saturated rings. The summed E-state index contributed by atoms with van der Waals surface area (Å²) in [6, 6.07) is 16.2. The van der Waals surface area contributed by atoms with Crippen molar-refractivity contribution in [3.63, 3.8) is 0 Å². The molecule has 4 aromatic rings. The van der Waals surface area contributed by atoms with E-state index in [4.69, 9.17) is 9.26 Å². The molecule has 1 amide bonds. The van der Waals surface area contributed by atoms with Crippen LogP contribution in [-0.2, 0) is 10.0 Å². The summed E-state index contributed by atoms with van der Waals surface area (Å²) in [5.74, 6) is 0.660. The molecule has 0 bridgehead atoms. The van der Waals surface area contributed by atoms with Crippen molar-refractivity contribution in [2.45, 2.75) is 25.7 Å². The van der Waals surface area contributed by atoms with Gasteiger partial charge in [0.2, 0.25) is 5.95 Å². The summed E-state index contributed by atoms with van der Waals surface area (Å²) in [6.07, 6.45) is 0. The van der Waals surface area contributed by atoms with E-state index in [0.717, 1.165) is 11.3 Å². The van der Waals surface area contributed by atoms with E-state index in [9.17, 15) is 13.2 Å². The fourth-order valence-corrected chi connectivity index (χ4v) is 4.21. The quantitative estimate of drug-likeness (QED) is 0.373. The number of anilines is 2. The van der Waals surface area contributed by atoms with Crippen LogP contribution >= 0.6 is 0 Å². The Hall–Kier alpha value is -4.25. The molecule has 0 spiro atoms. The Bertz CT molecular complexity index is 1430. The number of nitrogens with zero attached hydrogens (tertiary/aromatic N) is 3. The van der Waals surface area contributed by atoms with Gasteiger partial charge in [-0.05, 0) is 75.4 Å². The van der Waals surface area contributed by atoms with E-state index in [2.05, 4.69) is 25.2 Å². The van der Waals surface area contributed by atoms with Crippen LogP contribution in [0.2, 0.25) is 0 Å². The third-order valence-corrected chi connectivity index (χ3v) is 6.17. The molecule has 2 N–H and O–H groups in total. The number of aromatic nitrogens is 3. The maximum absolute atomic E-state index is 12.7. The number of hydrogen-bond donors (Lipinski definition) is 2. The number of aryl methyl sites for hydroxylation is 2. The summed E-state index contributed by atoms with van der Waals surface area (Å²) in [7, 11) is -3.90. The molecule has 11 heteroatoms. The predicted octanol–water partition coefficient (Wildman–Crippen LogP) is 4.20. The minimum Gasteiger partial charge on any atom is -0.494 e. The first-order chi connectivity index (χ1) is 16.7. The van der Waals surface area contributed by atoms with Gasteiger partial charge in [-0.15, -0.1) is 0 Å². The Morgan fingerprint density at radius 1 is 0.971 bits per heavy atom. The predicted molar refractivity (Wildman–Crippen MR) is 130 cm³/mol. The molecule has 4 rings (SSSR count). The Balaban J connectivity index is 1.42. The number of ether oxygens (including phenoxy) is 1. The molecule has 0 unspecified atom stereocenters. The van der Waals surface area contributed by atoms with E-state index >= 15 is 0 Å². The maximum atomic E-state index is 12.7. The number of benzene rings is 2. The smallest absolute Gasteiger partial charge is 0.277 e. The van der Waals surface area contributed by atoms with Crippen molar-refractivity contribution < 1.29 is 22.5 Å². The van der Waals surface area contributed by atoms with E-state index in [-0.39, 0.29) is 16.5 Å². The van der Waals surface area contributed by atoms with E-state index in [1.165, 1.54) is 30.3 Å². The number of nitrogens with one attached hydrogen (secondary N) is 2. The Morgan fingerprint density at radius 2 is 1.63 bits per heavy atom. The number of amides is 1. The lowest BCUT2D eigenvalue weighted by Gasteiger charge is -2.09. The Labute approximate surface area is 202 Å². The molecule has 0 atom stereocenters. The van der Waals surface area contributed by atoms with Crippen molar-refractivity contribution in [2.24, 2.45) is 0 Å². The number of rotatable bonds is 8. The molecule has 2 aromatic carbocycles. The average Bonchev–Trinajstić information content (AvgIpc) is 3.30. The van der Waals surface area contributed by atoms with Gasteiger partial charge in [0.1, 0.15) is 5.75 Å². The van der Waals surface area contributed by atoms with Crippen LogP contribution in [0, 0.1) is 13.8 Å². The van der Waals surface area contributed by atoms with Gasteiger partial charge in [0, 0.05) is 28.7 Å². The van der Waals surface area contributed by atoms with Crippen LogP contribution < -0.4 is 14.8 Å². The van der Waals surface area contributed by atoms with Gasteiger partial charge in [0.25, 0.3) is 15.9 Å². The van der Waals surface area contributed by atoms with E-state index in [0.29, 0.717) is 29.4 Å². The number of carbonyl (C=O) groups is 1. The van der Waals surface area contributed by atoms with Gasteiger partial charge < -0.3 is 14.6 Å². The lowest BCUT2D eigenvalue weighted by Crippen LogP contribution is -2.16. The number of carbonyl (C=O) groups excluding carboxylic acids is 1. The molecule has 0 radical (unpaired) electrons. The van der Waals surface area contributed by atoms with Crippen molar-refractivity contribution in [1.82, 2.24) is 15.1 Å². The van der Waals surface area contributed by atoms with Crippen LogP contribution in [0.4, 0.5) is 11.6 Å². The van der Waals surface area contributed by atoms with E-state index in [1.807, 2.05) is 19.1 Å². The van der Waals surface area contributed by atoms with Crippen LogP contribution in [0.1, 0.15) is 28.8 Å². The van der Waals surface area contributed by atoms with Crippen molar-refractivity contribution in [3.05, 3.63) is 77.7 Å². The molecular weight excluding hydrogens is 470 g/mol. The van der Waals surface area contributed by atoms with Crippen molar-refractivity contribution >= 4 is 27.6 Å². The minimum absolute atomic E-state index is 0.00233. The fourth-order valence-electron chi connectivity index (χ4n) is 3.26. The van der Waals surface area contributed by atoms with Crippen molar-refractivity contribution in [1.29, 1.82) is 0 Å². The third-order valence-electron chi connectivity index (χ3n) is 4.82. The normalized spacial score (nSPS) is 11.2. The van der Waals surface area contributed by atoms with Gasteiger partial charge >= 0.3 is 0 Å². The highest BCUT2D eigenvalue weighted by Crippen LogP contribution is 2.24. The molecule has 2 aromatic heterocycles. The summed E-state index contributed by atoms with van der Waals surface area (Å²) in [5, 5.41) is 6.50. The molecule has 0 aliphatic heterocycles. The second kappa shape index (κ2) is 9.94. The van der Waals surface area contributed by atoms with Gasteiger partial charge in [-0.1, -0.05) is 5.16 Å². The molecule has 0 saturated carbocycles. The Morgan fingerprint density at radius 3 is 2.26 bits per heavy atom. The van der Waals surface area contributed by atoms with Crippen molar-refractivity contribution in [2.75, 3.05) is 16.6 Å². The van der Waals surface area contributed by atoms with Crippen LogP contribution in [0.15, 0.2) is 70.1 Å². The first-order valence-corrected chi connectivity index (χ1v) is 12.2. The zero-order valence-electron chi connectivity index (χ0n) is 19.3. The minimum atomic E-state index is -3.90. The summed E-state index contributed by atoms with van der Waals surface area (Å²) in [4.78, 5) is 20.8. The Kier molecular flexibility index (Phi) is 6.78. The largest absolute Gasteiger partial charge is 0.494 e. The molecule has 0 aliphatic rings. The molecule has 0 saturated heterocycles. The van der Waals surface area contributed by atoms with Gasteiger partial charge in [0.15, 0.2) is 11.5 Å². The summed E-state index contributed by atoms with van der Waals surface area (Å²) >= 11 is 0. The topological polar surface area (TPSA) is 136 Å². The zero-order valence-corrected chi connectivity index (χ0v) is 20.1. The number of hydrogen-bond acceptors (Lipinski definition) is 8. The van der Waals surface area contributed by atoms with Gasteiger partial charge in [-0.2, -0.15) is 0 Å².